The maximum Gasteiger partial charge on any atom is 0.254 e. The fourth-order valence-electron chi connectivity index (χ4n) is 4.04. The highest BCUT2D eigenvalue weighted by Gasteiger charge is 2.36. The molecular weight excluding hydrogens is 364 g/mol. The molecule has 0 radical (unpaired) electrons. The molecule has 0 bridgehead atoms. The highest BCUT2D eigenvalue weighted by molar-refractivity contribution is 6.01. The molecule has 1 aliphatic heterocycles. The van der Waals surface area contributed by atoms with E-state index in [1.165, 1.54) is 0 Å². The van der Waals surface area contributed by atoms with Crippen LogP contribution in [0.4, 0.5) is 0 Å². The SMILES string of the molecule is CN1CCN(C(=O)c2ccccc2-c2ccccc2)CC(O)(Cn2cccn2)C1. The van der Waals surface area contributed by atoms with Crippen LogP contribution in [0.25, 0.3) is 11.1 Å². The zero-order valence-corrected chi connectivity index (χ0v) is 16.6. The molecule has 0 aliphatic carbocycles. The van der Waals surface area contributed by atoms with E-state index in [2.05, 4.69) is 10.00 Å². The van der Waals surface area contributed by atoms with Crippen molar-refractivity contribution in [2.24, 2.45) is 0 Å². The van der Waals surface area contributed by atoms with Crippen molar-refractivity contribution in [3.63, 3.8) is 0 Å². The van der Waals surface area contributed by atoms with Gasteiger partial charge in [-0.3, -0.25) is 9.48 Å². The van der Waals surface area contributed by atoms with Gasteiger partial charge in [-0.1, -0.05) is 48.5 Å². The number of β-amino-alcohol motifs (C(OH)–C–C–N with tert-alkyl or cyclic N) is 1. The summed E-state index contributed by atoms with van der Waals surface area (Å²) in [6.45, 7) is 2.37. The van der Waals surface area contributed by atoms with Crippen LogP contribution in [0.2, 0.25) is 0 Å². The molecule has 3 aromatic rings. The van der Waals surface area contributed by atoms with Crippen molar-refractivity contribution in [3.05, 3.63) is 78.6 Å². The summed E-state index contributed by atoms with van der Waals surface area (Å²) in [5.41, 5.74) is 1.50. The molecule has 2 aromatic carbocycles. The average molecular weight is 390 g/mol. The molecule has 1 N–H and O–H groups in total. The van der Waals surface area contributed by atoms with Gasteiger partial charge in [-0.2, -0.15) is 5.10 Å². The van der Waals surface area contributed by atoms with Crippen molar-refractivity contribution >= 4 is 5.91 Å². The maximum atomic E-state index is 13.5. The highest BCUT2D eigenvalue weighted by atomic mass is 16.3. The summed E-state index contributed by atoms with van der Waals surface area (Å²) < 4.78 is 1.72. The second kappa shape index (κ2) is 8.19. The Morgan fingerprint density at radius 1 is 1.03 bits per heavy atom. The summed E-state index contributed by atoms with van der Waals surface area (Å²) >= 11 is 0. The number of hydrogen-bond acceptors (Lipinski definition) is 4. The van der Waals surface area contributed by atoms with Crippen molar-refractivity contribution in [1.29, 1.82) is 0 Å². The summed E-state index contributed by atoms with van der Waals surface area (Å²) in [5.74, 6) is -0.0568. The molecule has 29 heavy (non-hydrogen) atoms. The van der Waals surface area contributed by atoms with Crippen LogP contribution in [-0.2, 0) is 6.54 Å². The quantitative estimate of drug-likeness (QED) is 0.743. The largest absolute Gasteiger partial charge is 0.385 e. The molecule has 0 spiro atoms. The molecule has 6 nitrogen and oxygen atoms in total. The molecule has 0 saturated carbocycles. The second-order valence-corrected chi connectivity index (χ2v) is 7.80. The molecular formula is C23H26N4O2. The van der Waals surface area contributed by atoms with E-state index in [1.54, 1.807) is 15.8 Å². The van der Waals surface area contributed by atoms with E-state index in [1.807, 2.05) is 73.9 Å². The summed E-state index contributed by atoms with van der Waals surface area (Å²) in [5, 5.41) is 15.6. The first-order valence-corrected chi connectivity index (χ1v) is 9.86. The lowest BCUT2D eigenvalue weighted by Crippen LogP contribution is -2.50. The lowest BCUT2D eigenvalue weighted by atomic mass is 9.98. The molecule has 1 aliphatic rings. The summed E-state index contributed by atoms with van der Waals surface area (Å²) in [6.07, 6.45) is 3.53. The summed E-state index contributed by atoms with van der Waals surface area (Å²) in [6, 6.07) is 19.4. The van der Waals surface area contributed by atoms with Crippen molar-refractivity contribution in [1.82, 2.24) is 19.6 Å². The normalized spacial score (nSPS) is 20.4. The van der Waals surface area contributed by atoms with Crippen molar-refractivity contribution < 1.29 is 9.90 Å². The van der Waals surface area contributed by atoms with E-state index >= 15 is 0 Å². The molecule has 1 saturated heterocycles. The van der Waals surface area contributed by atoms with Crippen LogP contribution in [0, 0.1) is 0 Å². The molecule has 1 amide bonds. The molecule has 1 atom stereocenters. The standard InChI is InChI=1S/C23H26N4O2/c1-25-14-15-26(17-23(29,16-25)18-27-13-7-12-24-27)22(28)21-11-6-5-10-20(21)19-8-3-2-4-9-19/h2-13,29H,14-18H2,1H3. The van der Waals surface area contributed by atoms with Crippen LogP contribution < -0.4 is 0 Å². The Kier molecular flexibility index (Phi) is 5.47. The van der Waals surface area contributed by atoms with Crippen molar-refractivity contribution in [2.45, 2.75) is 12.1 Å². The molecule has 150 valence electrons. The number of rotatable bonds is 4. The number of amides is 1. The van der Waals surface area contributed by atoms with Gasteiger partial charge in [-0.25, -0.2) is 0 Å². The van der Waals surface area contributed by atoms with Gasteiger partial charge in [-0.15, -0.1) is 0 Å². The van der Waals surface area contributed by atoms with Gasteiger partial charge < -0.3 is 14.9 Å². The minimum Gasteiger partial charge on any atom is -0.385 e. The lowest BCUT2D eigenvalue weighted by molar-refractivity contribution is -0.0136. The van der Waals surface area contributed by atoms with Gasteiger partial charge in [0.2, 0.25) is 0 Å². The number of aliphatic hydroxyl groups is 1. The smallest absolute Gasteiger partial charge is 0.254 e. The first-order valence-electron chi connectivity index (χ1n) is 9.86. The predicted molar refractivity (Wildman–Crippen MR) is 112 cm³/mol. The zero-order valence-electron chi connectivity index (χ0n) is 16.6. The third kappa shape index (κ3) is 4.39. The number of nitrogens with zero attached hydrogens (tertiary/aromatic N) is 4. The van der Waals surface area contributed by atoms with E-state index in [0.717, 1.165) is 11.1 Å². The van der Waals surface area contributed by atoms with Crippen LogP contribution in [0.15, 0.2) is 73.1 Å². The summed E-state index contributed by atoms with van der Waals surface area (Å²) in [7, 11) is 1.97. The fraction of sp³-hybridized carbons (Fsp3) is 0.304. The Bertz CT molecular complexity index is 958. The van der Waals surface area contributed by atoms with Crippen LogP contribution in [0.1, 0.15) is 10.4 Å². The fourth-order valence-corrected chi connectivity index (χ4v) is 4.04. The Balaban J connectivity index is 1.63. The molecule has 2 heterocycles. The van der Waals surface area contributed by atoms with Gasteiger partial charge in [-0.05, 0) is 30.3 Å². The Morgan fingerprint density at radius 3 is 2.55 bits per heavy atom. The van der Waals surface area contributed by atoms with Gasteiger partial charge >= 0.3 is 0 Å². The number of aromatic nitrogens is 2. The number of benzene rings is 2. The number of carbonyl (C=O) groups is 1. The van der Waals surface area contributed by atoms with Crippen LogP contribution >= 0.6 is 0 Å². The molecule has 4 rings (SSSR count). The van der Waals surface area contributed by atoms with Gasteiger partial charge in [0.15, 0.2) is 0 Å². The summed E-state index contributed by atoms with van der Waals surface area (Å²) in [4.78, 5) is 17.4. The number of carbonyl (C=O) groups excluding carboxylic acids is 1. The molecule has 1 fully saturated rings. The maximum absolute atomic E-state index is 13.5. The van der Waals surface area contributed by atoms with E-state index in [4.69, 9.17) is 0 Å². The Hall–Kier alpha value is -2.96. The third-order valence-corrected chi connectivity index (χ3v) is 5.35. The Labute approximate surface area is 171 Å². The lowest BCUT2D eigenvalue weighted by Gasteiger charge is -2.32. The second-order valence-electron chi connectivity index (χ2n) is 7.80. The van der Waals surface area contributed by atoms with E-state index < -0.39 is 5.60 Å². The van der Waals surface area contributed by atoms with Crippen molar-refractivity contribution in [2.75, 3.05) is 33.2 Å². The zero-order chi connectivity index (χ0) is 20.3. The van der Waals surface area contributed by atoms with Gasteiger partial charge in [0.05, 0.1) is 13.1 Å². The van der Waals surface area contributed by atoms with Crippen molar-refractivity contribution in [3.8, 4) is 11.1 Å². The number of hydrogen-bond donors (Lipinski definition) is 1. The van der Waals surface area contributed by atoms with Gasteiger partial charge in [0.1, 0.15) is 5.60 Å². The minimum absolute atomic E-state index is 0.0568. The van der Waals surface area contributed by atoms with Crippen LogP contribution in [-0.4, -0.2) is 69.4 Å². The van der Waals surface area contributed by atoms with Gasteiger partial charge in [0.25, 0.3) is 5.91 Å². The van der Waals surface area contributed by atoms with E-state index in [0.29, 0.717) is 31.7 Å². The Morgan fingerprint density at radius 2 is 1.79 bits per heavy atom. The van der Waals surface area contributed by atoms with Crippen LogP contribution in [0.3, 0.4) is 0 Å². The van der Waals surface area contributed by atoms with E-state index in [-0.39, 0.29) is 12.5 Å². The first-order chi connectivity index (χ1) is 14.0. The monoisotopic (exact) mass is 390 g/mol. The minimum atomic E-state index is -1.07. The molecule has 1 aromatic heterocycles. The third-order valence-electron chi connectivity index (χ3n) is 5.35. The van der Waals surface area contributed by atoms with Gasteiger partial charge in [0, 0.05) is 37.6 Å². The van der Waals surface area contributed by atoms with Crippen LogP contribution in [0.5, 0.6) is 0 Å². The highest BCUT2D eigenvalue weighted by Crippen LogP contribution is 2.26. The van der Waals surface area contributed by atoms with E-state index in [9.17, 15) is 9.90 Å². The molecule has 1 unspecified atom stereocenters. The topological polar surface area (TPSA) is 61.6 Å². The first kappa shape index (κ1) is 19.4. The number of likely N-dealkylation sites (N-methyl/N-ethyl adjacent to an activating group) is 1. The average Bonchev–Trinajstić information content (AvgIpc) is 3.18. The predicted octanol–water partition coefficient (Wildman–Crippen LogP) is 2.37. The molecule has 6 heteroatoms.